The molecule has 0 bridgehead atoms. The van der Waals surface area contributed by atoms with Crippen LogP contribution in [0.4, 0.5) is 11.4 Å². The van der Waals surface area contributed by atoms with E-state index in [0.717, 1.165) is 23.3 Å². The van der Waals surface area contributed by atoms with Gasteiger partial charge in [-0.3, -0.25) is 14.9 Å². The Labute approximate surface area is 166 Å². The molecule has 0 atom stereocenters. The van der Waals surface area contributed by atoms with Gasteiger partial charge in [0.05, 0.1) is 9.80 Å². The van der Waals surface area contributed by atoms with Crippen molar-refractivity contribution in [2.45, 2.75) is 26.9 Å². The Kier molecular flexibility index (Phi) is 6.06. The SMILES string of the molecule is CCc1ccc(OCc2csc(C(=O)Nc3ccc(C)cc3[N+](=O)[O-])c2)cc1. The first-order valence-electron chi connectivity index (χ1n) is 8.82. The van der Waals surface area contributed by atoms with E-state index < -0.39 is 4.92 Å². The Morgan fingerprint density at radius 1 is 1.14 bits per heavy atom. The van der Waals surface area contributed by atoms with Gasteiger partial charge in [-0.15, -0.1) is 11.3 Å². The monoisotopic (exact) mass is 396 g/mol. The first kappa shape index (κ1) is 19.6. The molecule has 1 amide bonds. The van der Waals surface area contributed by atoms with Gasteiger partial charge < -0.3 is 10.1 Å². The average molecular weight is 396 g/mol. The number of hydrogen-bond acceptors (Lipinski definition) is 5. The summed E-state index contributed by atoms with van der Waals surface area (Å²) < 4.78 is 5.75. The van der Waals surface area contributed by atoms with Crippen molar-refractivity contribution in [1.82, 2.24) is 0 Å². The van der Waals surface area contributed by atoms with E-state index in [2.05, 4.69) is 12.2 Å². The molecular formula is C21H20N2O4S. The summed E-state index contributed by atoms with van der Waals surface area (Å²) in [6.45, 7) is 4.21. The van der Waals surface area contributed by atoms with Crippen LogP contribution in [0.3, 0.4) is 0 Å². The van der Waals surface area contributed by atoms with Crippen LogP contribution in [-0.4, -0.2) is 10.8 Å². The summed E-state index contributed by atoms with van der Waals surface area (Å²) in [5.41, 5.74) is 2.93. The highest BCUT2D eigenvalue weighted by atomic mass is 32.1. The molecular weight excluding hydrogens is 376 g/mol. The minimum atomic E-state index is -0.500. The summed E-state index contributed by atoms with van der Waals surface area (Å²) >= 11 is 1.27. The Balaban J connectivity index is 1.64. The molecule has 0 saturated heterocycles. The number of aryl methyl sites for hydroxylation is 2. The second kappa shape index (κ2) is 8.67. The fourth-order valence-electron chi connectivity index (χ4n) is 2.64. The molecule has 0 aliphatic rings. The minimum absolute atomic E-state index is 0.121. The van der Waals surface area contributed by atoms with E-state index in [1.165, 1.54) is 23.0 Å². The predicted octanol–water partition coefficient (Wildman–Crippen LogP) is 5.36. The molecule has 28 heavy (non-hydrogen) atoms. The van der Waals surface area contributed by atoms with Crippen molar-refractivity contribution >= 4 is 28.6 Å². The lowest BCUT2D eigenvalue weighted by Gasteiger charge is -2.06. The third-order valence-electron chi connectivity index (χ3n) is 4.21. The van der Waals surface area contributed by atoms with E-state index in [-0.39, 0.29) is 17.3 Å². The summed E-state index contributed by atoms with van der Waals surface area (Å²) in [4.78, 5) is 23.6. The molecule has 144 valence electrons. The van der Waals surface area contributed by atoms with E-state index >= 15 is 0 Å². The Bertz CT molecular complexity index is 996. The van der Waals surface area contributed by atoms with Crippen molar-refractivity contribution in [3.05, 3.63) is 85.6 Å². The smallest absolute Gasteiger partial charge is 0.293 e. The number of thiophene rings is 1. The molecule has 0 spiro atoms. The number of anilines is 1. The zero-order chi connectivity index (χ0) is 20.1. The van der Waals surface area contributed by atoms with Gasteiger partial charge in [0.1, 0.15) is 18.0 Å². The average Bonchev–Trinajstić information content (AvgIpc) is 3.17. The molecule has 3 aromatic rings. The van der Waals surface area contributed by atoms with Crippen molar-refractivity contribution < 1.29 is 14.5 Å². The van der Waals surface area contributed by atoms with Gasteiger partial charge >= 0.3 is 0 Å². The maximum absolute atomic E-state index is 12.5. The highest BCUT2D eigenvalue weighted by Gasteiger charge is 2.18. The molecule has 1 aromatic heterocycles. The van der Waals surface area contributed by atoms with Crippen molar-refractivity contribution in [3.63, 3.8) is 0 Å². The fourth-order valence-corrected chi connectivity index (χ4v) is 3.43. The molecule has 0 radical (unpaired) electrons. The zero-order valence-corrected chi connectivity index (χ0v) is 16.4. The molecule has 3 rings (SSSR count). The summed E-state index contributed by atoms with van der Waals surface area (Å²) in [6, 6.07) is 14.3. The van der Waals surface area contributed by atoms with Crippen molar-refractivity contribution in [3.8, 4) is 5.75 Å². The lowest BCUT2D eigenvalue weighted by molar-refractivity contribution is -0.384. The second-order valence-corrected chi connectivity index (χ2v) is 7.25. The number of nitrogens with zero attached hydrogens (tertiary/aromatic N) is 1. The number of amides is 1. The summed E-state index contributed by atoms with van der Waals surface area (Å²) in [7, 11) is 0. The van der Waals surface area contributed by atoms with E-state index in [9.17, 15) is 14.9 Å². The van der Waals surface area contributed by atoms with Crippen molar-refractivity contribution in [2.75, 3.05) is 5.32 Å². The third kappa shape index (κ3) is 4.75. The maximum Gasteiger partial charge on any atom is 0.293 e. The number of carbonyl (C=O) groups excluding carboxylic acids is 1. The van der Waals surface area contributed by atoms with E-state index in [4.69, 9.17) is 4.74 Å². The number of carbonyl (C=O) groups is 1. The standard InChI is InChI=1S/C21H20N2O4S/c1-3-15-5-7-17(8-6-15)27-12-16-11-20(28-13-16)21(24)22-18-9-4-14(2)10-19(18)23(25)26/h4-11,13H,3,12H2,1-2H3,(H,22,24). The lowest BCUT2D eigenvalue weighted by Crippen LogP contribution is -2.11. The van der Waals surface area contributed by atoms with Crippen LogP contribution in [0.1, 0.15) is 33.3 Å². The van der Waals surface area contributed by atoms with Crippen LogP contribution in [0.5, 0.6) is 5.75 Å². The van der Waals surface area contributed by atoms with Gasteiger partial charge in [-0.1, -0.05) is 25.1 Å². The number of nitrogens with one attached hydrogen (secondary N) is 1. The van der Waals surface area contributed by atoms with Gasteiger partial charge in [0, 0.05) is 11.6 Å². The van der Waals surface area contributed by atoms with Crippen LogP contribution in [0.2, 0.25) is 0 Å². The molecule has 7 heteroatoms. The van der Waals surface area contributed by atoms with E-state index in [1.54, 1.807) is 25.1 Å². The Morgan fingerprint density at radius 3 is 2.57 bits per heavy atom. The van der Waals surface area contributed by atoms with Crippen LogP contribution < -0.4 is 10.1 Å². The predicted molar refractivity (Wildman–Crippen MR) is 110 cm³/mol. The largest absolute Gasteiger partial charge is 0.489 e. The number of nitro benzene ring substituents is 1. The molecule has 0 aliphatic carbocycles. The van der Waals surface area contributed by atoms with Crippen LogP contribution in [0.15, 0.2) is 53.9 Å². The fraction of sp³-hybridized carbons (Fsp3) is 0.190. The summed E-state index contributed by atoms with van der Waals surface area (Å²) in [6.07, 6.45) is 0.975. The lowest BCUT2D eigenvalue weighted by atomic mass is 10.2. The number of rotatable bonds is 7. The van der Waals surface area contributed by atoms with Gasteiger partial charge in [-0.05, 0) is 54.1 Å². The summed E-state index contributed by atoms with van der Waals surface area (Å²) in [5, 5.41) is 15.7. The molecule has 1 N–H and O–H groups in total. The van der Waals surface area contributed by atoms with Crippen molar-refractivity contribution in [2.24, 2.45) is 0 Å². The highest BCUT2D eigenvalue weighted by Crippen LogP contribution is 2.27. The minimum Gasteiger partial charge on any atom is -0.489 e. The maximum atomic E-state index is 12.5. The van der Waals surface area contributed by atoms with Crippen LogP contribution in [0.25, 0.3) is 0 Å². The van der Waals surface area contributed by atoms with Gasteiger partial charge in [0.2, 0.25) is 0 Å². The van der Waals surface area contributed by atoms with E-state index in [1.807, 2.05) is 29.6 Å². The van der Waals surface area contributed by atoms with Crippen molar-refractivity contribution in [1.29, 1.82) is 0 Å². The first-order chi connectivity index (χ1) is 13.5. The van der Waals surface area contributed by atoms with Gasteiger partial charge in [-0.2, -0.15) is 0 Å². The van der Waals surface area contributed by atoms with Crippen LogP contribution in [0, 0.1) is 17.0 Å². The number of benzene rings is 2. The molecule has 2 aromatic carbocycles. The van der Waals surface area contributed by atoms with Crippen LogP contribution in [-0.2, 0) is 13.0 Å². The third-order valence-corrected chi connectivity index (χ3v) is 5.19. The second-order valence-electron chi connectivity index (χ2n) is 6.34. The quantitative estimate of drug-likeness (QED) is 0.431. The molecule has 6 nitrogen and oxygen atoms in total. The number of ether oxygens (including phenoxy) is 1. The van der Waals surface area contributed by atoms with Gasteiger partial charge in [0.15, 0.2) is 0 Å². The topological polar surface area (TPSA) is 81.5 Å². The van der Waals surface area contributed by atoms with Crippen LogP contribution >= 0.6 is 11.3 Å². The van der Waals surface area contributed by atoms with Gasteiger partial charge in [0.25, 0.3) is 11.6 Å². The number of hydrogen-bond donors (Lipinski definition) is 1. The molecule has 0 saturated carbocycles. The Hall–Kier alpha value is -3.19. The molecule has 1 heterocycles. The molecule has 0 unspecified atom stereocenters. The zero-order valence-electron chi connectivity index (χ0n) is 15.6. The van der Waals surface area contributed by atoms with Gasteiger partial charge in [-0.25, -0.2) is 0 Å². The molecule has 0 fully saturated rings. The molecule has 0 aliphatic heterocycles. The summed E-state index contributed by atoms with van der Waals surface area (Å²) in [5.74, 6) is 0.389. The highest BCUT2D eigenvalue weighted by molar-refractivity contribution is 7.12. The first-order valence-corrected chi connectivity index (χ1v) is 9.69. The number of nitro groups is 1. The Morgan fingerprint density at radius 2 is 1.89 bits per heavy atom. The van der Waals surface area contributed by atoms with E-state index in [0.29, 0.717) is 11.5 Å². The normalized spacial score (nSPS) is 10.5.